The van der Waals surface area contributed by atoms with Crippen molar-refractivity contribution in [1.82, 2.24) is 9.80 Å². The molecule has 3 atom stereocenters. The van der Waals surface area contributed by atoms with Gasteiger partial charge in [-0.15, -0.1) is 0 Å². The Morgan fingerprint density at radius 3 is 2.47 bits per heavy atom. The van der Waals surface area contributed by atoms with Crippen LogP contribution in [-0.4, -0.2) is 59.1 Å². The van der Waals surface area contributed by atoms with E-state index in [4.69, 9.17) is 0 Å². The van der Waals surface area contributed by atoms with Crippen LogP contribution in [0, 0.1) is 0 Å². The average molecular weight is 240 g/mol. The summed E-state index contributed by atoms with van der Waals surface area (Å²) < 4.78 is 0. The second kappa shape index (κ2) is 5.36. The number of nitrogens with zero attached hydrogens (tertiary/aromatic N) is 2. The summed E-state index contributed by atoms with van der Waals surface area (Å²) in [5.41, 5.74) is 0. The van der Waals surface area contributed by atoms with Gasteiger partial charge in [-0.05, 0) is 25.7 Å². The lowest BCUT2D eigenvalue weighted by molar-refractivity contribution is -0.129. The number of carbonyl (C=O) groups excluding carboxylic acids is 1. The molecule has 0 saturated carbocycles. The highest BCUT2D eigenvalue weighted by atomic mass is 16.3. The van der Waals surface area contributed by atoms with Crippen LogP contribution in [0.3, 0.4) is 0 Å². The van der Waals surface area contributed by atoms with Crippen molar-refractivity contribution >= 4 is 5.91 Å². The highest BCUT2D eigenvalue weighted by Gasteiger charge is 2.37. The van der Waals surface area contributed by atoms with Crippen LogP contribution in [0.25, 0.3) is 0 Å². The van der Waals surface area contributed by atoms with Gasteiger partial charge in [0.15, 0.2) is 0 Å². The van der Waals surface area contributed by atoms with Gasteiger partial charge in [-0.2, -0.15) is 0 Å². The van der Waals surface area contributed by atoms with Crippen LogP contribution in [0.15, 0.2) is 0 Å². The van der Waals surface area contributed by atoms with Gasteiger partial charge in [0.25, 0.3) is 0 Å². The Balaban J connectivity index is 1.82. The van der Waals surface area contributed by atoms with Crippen molar-refractivity contribution < 1.29 is 9.90 Å². The maximum Gasteiger partial charge on any atom is 0.219 e. The van der Waals surface area contributed by atoms with E-state index in [9.17, 15) is 9.90 Å². The lowest BCUT2D eigenvalue weighted by atomic mass is 10.0. The Morgan fingerprint density at radius 1 is 1.35 bits per heavy atom. The van der Waals surface area contributed by atoms with Crippen molar-refractivity contribution in [2.45, 2.75) is 57.2 Å². The Kier molecular flexibility index (Phi) is 4.05. The molecule has 2 bridgehead atoms. The SMILES string of the molecule is CC(=O)N(C)CC(O)CN1[C@@H]2CCC[C@H]1CC2. The number of hydrogen-bond donors (Lipinski definition) is 1. The molecule has 4 heteroatoms. The molecule has 2 saturated heterocycles. The van der Waals surface area contributed by atoms with Crippen molar-refractivity contribution in [1.29, 1.82) is 0 Å². The number of fused-ring (bicyclic) bond motifs is 2. The van der Waals surface area contributed by atoms with Crippen LogP contribution >= 0.6 is 0 Å². The molecular weight excluding hydrogens is 216 g/mol. The van der Waals surface area contributed by atoms with Crippen molar-refractivity contribution in [3.05, 3.63) is 0 Å². The predicted octanol–water partition coefficient (Wildman–Crippen LogP) is 0.843. The Labute approximate surface area is 104 Å². The fraction of sp³-hybridized carbons (Fsp3) is 0.923. The van der Waals surface area contributed by atoms with Gasteiger partial charge in [0.05, 0.1) is 6.10 Å². The maximum atomic E-state index is 11.1. The third-order valence-corrected chi connectivity index (χ3v) is 4.29. The standard InChI is InChI=1S/C13H24N2O2/c1-10(16)14(2)8-13(17)9-15-11-4-3-5-12(15)7-6-11/h11-13,17H,3-9H2,1-2H3/t11-,12+,13?. The molecule has 98 valence electrons. The Hall–Kier alpha value is -0.610. The van der Waals surface area contributed by atoms with Crippen molar-refractivity contribution in [3.8, 4) is 0 Å². The molecule has 2 rings (SSSR count). The van der Waals surface area contributed by atoms with Crippen LogP contribution in [0.5, 0.6) is 0 Å². The number of piperidine rings is 1. The van der Waals surface area contributed by atoms with Crippen LogP contribution in [0.4, 0.5) is 0 Å². The molecule has 1 unspecified atom stereocenters. The lowest BCUT2D eigenvalue weighted by Gasteiger charge is -2.36. The van der Waals surface area contributed by atoms with Gasteiger partial charge in [0.2, 0.25) is 5.91 Å². The van der Waals surface area contributed by atoms with E-state index in [0.717, 1.165) is 6.54 Å². The van der Waals surface area contributed by atoms with E-state index in [0.29, 0.717) is 18.6 Å². The van der Waals surface area contributed by atoms with Crippen molar-refractivity contribution in [3.63, 3.8) is 0 Å². The molecule has 0 aliphatic carbocycles. The predicted molar refractivity (Wildman–Crippen MR) is 66.7 cm³/mol. The second-order valence-electron chi connectivity index (χ2n) is 5.57. The first-order valence-corrected chi connectivity index (χ1v) is 6.73. The number of rotatable bonds is 4. The quantitative estimate of drug-likeness (QED) is 0.792. The molecule has 0 radical (unpaired) electrons. The maximum absolute atomic E-state index is 11.1. The average Bonchev–Trinajstić information content (AvgIpc) is 2.51. The second-order valence-corrected chi connectivity index (χ2v) is 5.57. The summed E-state index contributed by atoms with van der Waals surface area (Å²) in [4.78, 5) is 15.2. The van der Waals surface area contributed by atoms with Gasteiger partial charge in [-0.25, -0.2) is 0 Å². The van der Waals surface area contributed by atoms with E-state index in [2.05, 4.69) is 4.90 Å². The number of aliphatic hydroxyl groups excluding tert-OH is 1. The number of amides is 1. The van der Waals surface area contributed by atoms with Gasteiger partial charge < -0.3 is 10.0 Å². The minimum atomic E-state index is -0.412. The molecule has 0 aromatic heterocycles. The van der Waals surface area contributed by atoms with Crippen LogP contribution in [0.1, 0.15) is 39.0 Å². The first-order valence-electron chi connectivity index (χ1n) is 6.73. The smallest absolute Gasteiger partial charge is 0.219 e. The van der Waals surface area contributed by atoms with Gasteiger partial charge in [0, 0.05) is 39.1 Å². The minimum Gasteiger partial charge on any atom is -0.390 e. The molecule has 4 nitrogen and oxygen atoms in total. The van der Waals surface area contributed by atoms with E-state index in [-0.39, 0.29) is 5.91 Å². The first-order chi connectivity index (χ1) is 8.08. The Morgan fingerprint density at radius 2 is 1.94 bits per heavy atom. The molecule has 2 aliphatic heterocycles. The summed E-state index contributed by atoms with van der Waals surface area (Å²) >= 11 is 0. The summed E-state index contributed by atoms with van der Waals surface area (Å²) in [6, 6.07) is 1.37. The lowest BCUT2D eigenvalue weighted by Crippen LogP contribution is -2.47. The van der Waals surface area contributed by atoms with E-state index >= 15 is 0 Å². The van der Waals surface area contributed by atoms with E-state index in [1.54, 1.807) is 11.9 Å². The van der Waals surface area contributed by atoms with Crippen LogP contribution < -0.4 is 0 Å². The number of likely N-dealkylation sites (N-methyl/N-ethyl adjacent to an activating group) is 1. The number of hydrogen-bond acceptors (Lipinski definition) is 3. The van der Waals surface area contributed by atoms with Gasteiger partial charge >= 0.3 is 0 Å². The molecule has 0 spiro atoms. The normalized spacial score (nSPS) is 30.3. The topological polar surface area (TPSA) is 43.8 Å². The van der Waals surface area contributed by atoms with Crippen LogP contribution in [-0.2, 0) is 4.79 Å². The molecule has 2 aliphatic rings. The zero-order valence-electron chi connectivity index (χ0n) is 10.9. The summed E-state index contributed by atoms with van der Waals surface area (Å²) in [5.74, 6) is 0.0191. The van der Waals surface area contributed by atoms with Gasteiger partial charge in [0.1, 0.15) is 0 Å². The summed E-state index contributed by atoms with van der Waals surface area (Å²) in [5, 5.41) is 10.0. The van der Waals surface area contributed by atoms with Crippen molar-refractivity contribution in [2.75, 3.05) is 20.1 Å². The first kappa shape index (κ1) is 12.8. The number of aliphatic hydroxyl groups is 1. The van der Waals surface area contributed by atoms with Gasteiger partial charge in [-0.3, -0.25) is 9.69 Å². The van der Waals surface area contributed by atoms with E-state index in [1.807, 2.05) is 0 Å². The van der Waals surface area contributed by atoms with E-state index in [1.165, 1.54) is 39.0 Å². The third-order valence-electron chi connectivity index (χ3n) is 4.29. The molecule has 0 aromatic carbocycles. The minimum absolute atomic E-state index is 0.0191. The molecule has 1 amide bonds. The number of carbonyl (C=O) groups is 1. The largest absolute Gasteiger partial charge is 0.390 e. The zero-order chi connectivity index (χ0) is 12.4. The van der Waals surface area contributed by atoms with Gasteiger partial charge in [-0.1, -0.05) is 6.42 Å². The molecular formula is C13H24N2O2. The fourth-order valence-electron chi connectivity index (χ4n) is 3.27. The fourth-order valence-corrected chi connectivity index (χ4v) is 3.27. The Bertz CT molecular complexity index is 267. The monoisotopic (exact) mass is 240 g/mol. The highest BCUT2D eigenvalue weighted by molar-refractivity contribution is 5.72. The summed E-state index contributed by atoms with van der Waals surface area (Å²) in [6.45, 7) is 2.72. The summed E-state index contributed by atoms with van der Waals surface area (Å²) in [6.07, 6.45) is 6.08. The summed E-state index contributed by atoms with van der Waals surface area (Å²) in [7, 11) is 1.75. The third kappa shape index (κ3) is 2.99. The molecule has 0 aromatic rings. The molecule has 1 N–H and O–H groups in total. The van der Waals surface area contributed by atoms with E-state index < -0.39 is 6.10 Å². The van der Waals surface area contributed by atoms with Crippen molar-refractivity contribution in [2.24, 2.45) is 0 Å². The highest BCUT2D eigenvalue weighted by Crippen LogP contribution is 2.35. The zero-order valence-corrected chi connectivity index (χ0v) is 10.9. The van der Waals surface area contributed by atoms with Crippen LogP contribution in [0.2, 0.25) is 0 Å². The molecule has 2 heterocycles. The molecule has 17 heavy (non-hydrogen) atoms. The molecule has 2 fully saturated rings.